The molecule has 0 aromatic heterocycles. The van der Waals surface area contributed by atoms with Crippen molar-refractivity contribution >= 4 is 17.4 Å². The van der Waals surface area contributed by atoms with E-state index in [-0.39, 0.29) is 17.9 Å². The second-order valence-electron chi connectivity index (χ2n) is 10.0. The Labute approximate surface area is 236 Å². The van der Waals surface area contributed by atoms with Crippen LogP contribution in [0.1, 0.15) is 56.8 Å². The van der Waals surface area contributed by atoms with Gasteiger partial charge < -0.3 is 24.2 Å². The van der Waals surface area contributed by atoms with Gasteiger partial charge >= 0.3 is 0 Å². The zero-order chi connectivity index (χ0) is 28.6. The Kier molecular flexibility index (Phi) is 9.48. The van der Waals surface area contributed by atoms with Crippen LogP contribution in [0.25, 0.3) is 5.76 Å². The third kappa shape index (κ3) is 6.47. The number of amides is 1. The zero-order valence-corrected chi connectivity index (χ0v) is 23.6. The van der Waals surface area contributed by atoms with E-state index in [2.05, 4.69) is 13.8 Å². The molecule has 1 aliphatic heterocycles. The first kappa shape index (κ1) is 28.7. The summed E-state index contributed by atoms with van der Waals surface area (Å²) in [6.45, 7) is 9.72. The van der Waals surface area contributed by atoms with E-state index < -0.39 is 17.7 Å². The van der Waals surface area contributed by atoms with E-state index in [1.54, 1.807) is 36.4 Å². The lowest BCUT2D eigenvalue weighted by atomic mass is 9.94. The Morgan fingerprint density at radius 2 is 1.57 bits per heavy atom. The number of rotatable bonds is 12. The largest absolute Gasteiger partial charge is 0.507 e. The number of ketones is 1. The molecule has 1 saturated heterocycles. The maximum absolute atomic E-state index is 13.5. The molecule has 0 spiro atoms. The molecule has 210 valence electrons. The summed E-state index contributed by atoms with van der Waals surface area (Å²) in [6.07, 6.45) is 0.895. The van der Waals surface area contributed by atoms with E-state index in [4.69, 9.17) is 14.2 Å². The number of aliphatic hydroxyl groups excluding tert-OH is 1. The molecule has 40 heavy (non-hydrogen) atoms. The lowest BCUT2D eigenvalue weighted by molar-refractivity contribution is -0.140. The fraction of sp³-hybridized carbons (Fsp3) is 0.333. The van der Waals surface area contributed by atoms with Gasteiger partial charge in [-0.25, -0.2) is 0 Å². The standard InChI is InChI=1S/C33H37NO6/c1-5-38-26-15-12-24(13-16-26)31(35)29-30(34(33(37)32(29)36)21-23-10-8-7-9-11-23)25-14-17-27(28(20-25)39-6-2)40-19-18-22(3)4/h7-17,20,22,30,35H,5-6,18-19,21H2,1-4H3. The Bertz CT molecular complexity index is 1350. The zero-order valence-electron chi connectivity index (χ0n) is 23.6. The minimum absolute atomic E-state index is 0.0287. The Morgan fingerprint density at radius 3 is 2.23 bits per heavy atom. The van der Waals surface area contributed by atoms with Crippen LogP contribution in [0.4, 0.5) is 0 Å². The third-order valence-corrected chi connectivity index (χ3v) is 6.71. The van der Waals surface area contributed by atoms with Gasteiger partial charge in [-0.15, -0.1) is 0 Å². The van der Waals surface area contributed by atoms with Crippen molar-refractivity contribution in [2.24, 2.45) is 5.92 Å². The van der Waals surface area contributed by atoms with Crippen LogP contribution in [-0.4, -0.2) is 41.5 Å². The first-order chi connectivity index (χ1) is 19.3. The fourth-order valence-electron chi connectivity index (χ4n) is 4.69. The highest BCUT2D eigenvalue weighted by molar-refractivity contribution is 6.46. The quantitative estimate of drug-likeness (QED) is 0.159. The predicted molar refractivity (Wildman–Crippen MR) is 154 cm³/mol. The minimum Gasteiger partial charge on any atom is -0.507 e. The Hall–Kier alpha value is -4.26. The van der Waals surface area contributed by atoms with Gasteiger partial charge in [0.2, 0.25) is 0 Å². The lowest BCUT2D eigenvalue weighted by Crippen LogP contribution is -2.29. The summed E-state index contributed by atoms with van der Waals surface area (Å²) in [5, 5.41) is 11.4. The van der Waals surface area contributed by atoms with Crippen molar-refractivity contribution in [1.29, 1.82) is 0 Å². The van der Waals surface area contributed by atoms with Gasteiger partial charge in [0.05, 0.1) is 31.4 Å². The molecule has 0 saturated carbocycles. The van der Waals surface area contributed by atoms with Crippen LogP contribution in [0.5, 0.6) is 17.2 Å². The number of ether oxygens (including phenoxy) is 3. The summed E-state index contributed by atoms with van der Waals surface area (Å²) >= 11 is 0. The number of carbonyl (C=O) groups is 2. The van der Waals surface area contributed by atoms with Crippen molar-refractivity contribution in [2.45, 2.75) is 46.7 Å². The molecule has 1 atom stereocenters. The Morgan fingerprint density at radius 1 is 0.875 bits per heavy atom. The molecular weight excluding hydrogens is 506 g/mol. The number of aliphatic hydroxyl groups is 1. The fourth-order valence-corrected chi connectivity index (χ4v) is 4.69. The summed E-state index contributed by atoms with van der Waals surface area (Å²) in [5.74, 6) is 0.619. The van der Waals surface area contributed by atoms with Crippen LogP contribution < -0.4 is 14.2 Å². The highest BCUT2D eigenvalue weighted by atomic mass is 16.5. The summed E-state index contributed by atoms with van der Waals surface area (Å²) in [6, 6.07) is 20.9. The molecule has 0 bridgehead atoms. The first-order valence-corrected chi connectivity index (χ1v) is 13.8. The van der Waals surface area contributed by atoms with Crippen LogP contribution >= 0.6 is 0 Å². The molecule has 1 fully saturated rings. The monoisotopic (exact) mass is 543 g/mol. The summed E-state index contributed by atoms with van der Waals surface area (Å²) in [5.41, 5.74) is 1.96. The van der Waals surface area contributed by atoms with Crippen LogP contribution in [0, 0.1) is 5.92 Å². The van der Waals surface area contributed by atoms with Gasteiger partial charge in [0.1, 0.15) is 11.5 Å². The normalized spacial score (nSPS) is 16.4. The average Bonchev–Trinajstić information content (AvgIpc) is 3.19. The van der Waals surface area contributed by atoms with Crippen molar-refractivity contribution in [3.8, 4) is 17.2 Å². The van der Waals surface area contributed by atoms with Crippen LogP contribution in [0.2, 0.25) is 0 Å². The molecule has 0 radical (unpaired) electrons. The van der Waals surface area contributed by atoms with Crippen molar-refractivity contribution in [1.82, 2.24) is 4.90 Å². The summed E-state index contributed by atoms with van der Waals surface area (Å²) in [4.78, 5) is 28.4. The Balaban J connectivity index is 1.80. The summed E-state index contributed by atoms with van der Waals surface area (Å²) in [7, 11) is 0. The molecule has 7 heteroatoms. The molecule has 1 amide bonds. The predicted octanol–water partition coefficient (Wildman–Crippen LogP) is 6.53. The molecule has 3 aromatic rings. The molecule has 1 aliphatic rings. The number of likely N-dealkylation sites (tertiary alicyclic amines) is 1. The smallest absolute Gasteiger partial charge is 0.295 e. The number of benzene rings is 3. The average molecular weight is 544 g/mol. The second-order valence-corrected chi connectivity index (χ2v) is 10.0. The van der Waals surface area contributed by atoms with E-state index >= 15 is 0 Å². The highest BCUT2D eigenvalue weighted by Gasteiger charge is 2.46. The number of nitrogens with zero attached hydrogens (tertiary/aromatic N) is 1. The SMILES string of the molecule is CCOc1ccc(C(O)=C2C(=O)C(=O)N(Cc3ccccc3)C2c2ccc(OCCC(C)C)c(OCC)c2)cc1. The second kappa shape index (κ2) is 13.2. The van der Waals surface area contributed by atoms with Crippen LogP contribution in [0.15, 0.2) is 78.4 Å². The maximum atomic E-state index is 13.5. The maximum Gasteiger partial charge on any atom is 0.295 e. The molecule has 7 nitrogen and oxygen atoms in total. The van der Waals surface area contributed by atoms with Crippen molar-refractivity contribution < 1.29 is 28.9 Å². The van der Waals surface area contributed by atoms with Crippen molar-refractivity contribution in [2.75, 3.05) is 19.8 Å². The number of carbonyl (C=O) groups excluding carboxylic acids is 2. The number of hydrogen-bond donors (Lipinski definition) is 1. The van der Waals surface area contributed by atoms with E-state index in [0.717, 1.165) is 12.0 Å². The lowest BCUT2D eigenvalue weighted by Gasteiger charge is -2.26. The molecule has 4 rings (SSSR count). The van der Waals surface area contributed by atoms with E-state index in [0.29, 0.717) is 54.1 Å². The van der Waals surface area contributed by atoms with E-state index in [9.17, 15) is 14.7 Å². The molecule has 1 heterocycles. The van der Waals surface area contributed by atoms with Crippen molar-refractivity contribution in [3.63, 3.8) is 0 Å². The van der Waals surface area contributed by atoms with Gasteiger partial charge in [-0.3, -0.25) is 9.59 Å². The molecular formula is C33H37NO6. The van der Waals surface area contributed by atoms with Gasteiger partial charge in [0.15, 0.2) is 11.5 Å². The number of Topliss-reactive ketones (excluding diaryl/α,β-unsaturated/α-hetero) is 1. The van der Waals surface area contributed by atoms with Gasteiger partial charge in [0.25, 0.3) is 11.7 Å². The molecule has 0 aliphatic carbocycles. The van der Waals surface area contributed by atoms with Gasteiger partial charge in [0, 0.05) is 12.1 Å². The van der Waals surface area contributed by atoms with Gasteiger partial charge in [-0.1, -0.05) is 50.2 Å². The number of hydrogen-bond acceptors (Lipinski definition) is 6. The van der Waals surface area contributed by atoms with Crippen LogP contribution in [0.3, 0.4) is 0 Å². The summed E-state index contributed by atoms with van der Waals surface area (Å²) < 4.78 is 17.4. The van der Waals surface area contributed by atoms with Gasteiger partial charge in [-0.2, -0.15) is 0 Å². The van der Waals surface area contributed by atoms with E-state index in [1.807, 2.05) is 50.2 Å². The first-order valence-electron chi connectivity index (χ1n) is 13.8. The van der Waals surface area contributed by atoms with Crippen LogP contribution in [-0.2, 0) is 16.1 Å². The van der Waals surface area contributed by atoms with Gasteiger partial charge in [-0.05, 0) is 73.7 Å². The topological polar surface area (TPSA) is 85.3 Å². The molecule has 3 aromatic carbocycles. The van der Waals surface area contributed by atoms with E-state index in [1.165, 1.54) is 4.90 Å². The third-order valence-electron chi connectivity index (χ3n) is 6.71. The minimum atomic E-state index is -0.823. The highest BCUT2D eigenvalue weighted by Crippen LogP contribution is 2.43. The molecule has 1 N–H and O–H groups in total. The van der Waals surface area contributed by atoms with Crippen molar-refractivity contribution in [3.05, 3.63) is 95.1 Å². The molecule has 1 unspecified atom stereocenters.